The van der Waals surface area contributed by atoms with E-state index in [0.717, 1.165) is 5.56 Å². The van der Waals surface area contributed by atoms with Crippen molar-refractivity contribution in [2.45, 2.75) is 19.4 Å². The van der Waals surface area contributed by atoms with Gasteiger partial charge in [-0.1, -0.05) is 48.5 Å². The molecule has 0 saturated carbocycles. The summed E-state index contributed by atoms with van der Waals surface area (Å²) in [5.74, 6) is -0.707. The molecule has 2 amide bonds. The van der Waals surface area contributed by atoms with Crippen LogP contribution in [0.2, 0.25) is 0 Å². The van der Waals surface area contributed by atoms with Gasteiger partial charge in [-0.15, -0.1) is 11.3 Å². The molecule has 142 valence electrons. The molecule has 28 heavy (non-hydrogen) atoms. The predicted molar refractivity (Wildman–Crippen MR) is 111 cm³/mol. The molecular weight excluding hydrogens is 372 g/mol. The molecule has 3 rings (SSSR count). The highest BCUT2D eigenvalue weighted by Gasteiger charge is 2.22. The molecule has 2 N–H and O–H groups in total. The Morgan fingerprint density at radius 3 is 2.43 bits per heavy atom. The maximum atomic E-state index is 12.9. The lowest BCUT2D eigenvalue weighted by Crippen LogP contribution is -2.45. The monoisotopic (exact) mass is 392 g/mol. The molecule has 3 aromatic rings. The van der Waals surface area contributed by atoms with Gasteiger partial charge in [-0.2, -0.15) is 0 Å². The molecule has 0 spiro atoms. The number of carbonyl (C=O) groups is 3. The van der Waals surface area contributed by atoms with Gasteiger partial charge < -0.3 is 10.6 Å². The molecule has 1 aromatic heterocycles. The van der Waals surface area contributed by atoms with Crippen molar-refractivity contribution in [3.8, 4) is 0 Å². The maximum Gasteiger partial charge on any atom is 0.262 e. The highest BCUT2D eigenvalue weighted by Crippen LogP contribution is 2.14. The third kappa shape index (κ3) is 5.14. The van der Waals surface area contributed by atoms with Gasteiger partial charge in [0, 0.05) is 17.7 Å². The van der Waals surface area contributed by atoms with E-state index in [4.69, 9.17) is 0 Å². The van der Waals surface area contributed by atoms with Crippen molar-refractivity contribution in [3.05, 3.63) is 88.1 Å². The van der Waals surface area contributed by atoms with Crippen molar-refractivity contribution in [3.63, 3.8) is 0 Å². The molecule has 1 unspecified atom stereocenters. The van der Waals surface area contributed by atoms with Crippen molar-refractivity contribution >= 4 is 34.6 Å². The van der Waals surface area contributed by atoms with Crippen molar-refractivity contribution in [1.29, 1.82) is 0 Å². The molecule has 1 atom stereocenters. The summed E-state index contributed by atoms with van der Waals surface area (Å²) in [6.07, 6.45) is 0.357. The molecule has 0 radical (unpaired) electrons. The van der Waals surface area contributed by atoms with E-state index in [1.807, 2.05) is 35.7 Å². The second kappa shape index (κ2) is 9.10. The van der Waals surface area contributed by atoms with E-state index < -0.39 is 6.04 Å². The number of rotatable bonds is 7. The predicted octanol–water partition coefficient (Wildman–Crippen LogP) is 3.93. The minimum absolute atomic E-state index is 0.0806. The molecule has 0 aliphatic heterocycles. The van der Waals surface area contributed by atoms with Gasteiger partial charge in [0.2, 0.25) is 5.91 Å². The van der Waals surface area contributed by atoms with E-state index in [0.29, 0.717) is 22.5 Å². The van der Waals surface area contributed by atoms with E-state index in [1.54, 1.807) is 36.4 Å². The van der Waals surface area contributed by atoms with Gasteiger partial charge in [0.05, 0.1) is 4.88 Å². The Balaban J connectivity index is 1.78. The first-order valence-electron chi connectivity index (χ1n) is 8.83. The molecule has 5 nitrogen and oxygen atoms in total. The third-order valence-electron chi connectivity index (χ3n) is 4.19. The Bertz CT molecular complexity index is 968. The quantitative estimate of drug-likeness (QED) is 0.598. The van der Waals surface area contributed by atoms with Gasteiger partial charge in [-0.3, -0.25) is 14.4 Å². The lowest BCUT2D eigenvalue weighted by molar-refractivity contribution is -0.118. The van der Waals surface area contributed by atoms with Crippen molar-refractivity contribution in [1.82, 2.24) is 5.32 Å². The SMILES string of the molecule is CC(=O)c1cccc(NC(=O)C(Cc2ccccc2)NC(=O)c2cccs2)c1. The van der Waals surface area contributed by atoms with Crippen LogP contribution in [-0.2, 0) is 11.2 Å². The molecule has 1 heterocycles. The lowest BCUT2D eigenvalue weighted by Gasteiger charge is -2.18. The maximum absolute atomic E-state index is 12.9. The number of anilines is 1. The number of hydrogen-bond donors (Lipinski definition) is 2. The van der Waals surface area contributed by atoms with Crippen molar-refractivity contribution in [2.75, 3.05) is 5.32 Å². The second-order valence-corrected chi connectivity index (χ2v) is 7.27. The van der Waals surface area contributed by atoms with Gasteiger partial charge in [0.1, 0.15) is 6.04 Å². The van der Waals surface area contributed by atoms with Crippen molar-refractivity contribution < 1.29 is 14.4 Å². The van der Waals surface area contributed by atoms with Crippen LogP contribution in [0.4, 0.5) is 5.69 Å². The highest BCUT2D eigenvalue weighted by molar-refractivity contribution is 7.12. The summed E-state index contributed by atoms with van der Waals surface area (Å²) in [4.78, 5) is 37.5. The number of hydrogen-bond acceptors (Lipinski definition) is 4. The summed E-state index contributed by atoms with van der Waals surface area (Å²) in [5, 5.41) is 7.44. The zero-order chi connectivity index (χ0) is 19.9. The number of benzene rings is 2. The van der Waals surface area contributed by atoms with E-state index in [1.165, 1.54) is 18.3 Å². The molecular formula is C22H20N2O3S. The normalized spacial score (nSPS) is 11.5. The zero-order valence-electron chi connectivity index (χ0n) is 15.3. The minimum Gasteiger partial charge on any atom is -0.339 e. The first-order chi connectivity index (χ1) is 13.5. The van der Waals surface area contributed by atoms with Gasteiger partial charge in [0.15, 0.2) is 5.78 Å². The fourth-order valence-corrected chi connectivity index (χ4v) is 3.37. The van der Waals surface area contributed by atoms with Gasteiger partial charge >= 0.3 is 0 Å². The number of Topliss-reactive ketones (excluding diaryl/α,β-unsaturated/α-hetero) is 1. The number of nitrogens with one attached hydrogen (secondary N) is 2. The number of amides is 2. The Morgan fingerprint density at radius 2 is 1.75 bits per heavy atom. The van der Waals surface area contributed by atoms with Crippen LogP contribution < -0.4 is 10.6 Å². The molecule has 0 fully saturated rings. The first-order valence-corrected chi connectivity index (χ1v) is 9.71. The summed E-state index contributed by atoms with van der Waals surface area (Å²) in [6.45, 7) is 1.47. The third-order valence-corrected chi connectivity index (χ3v) is 5.05. The van der Waals surface area contributed by atoms with E-state index in [-0.39, 0.29) is 17.6 Å². The Kier molecular flexibility index (Phi) is 6.34. The summed E-state index contributed by atoms with van der Waals surface area (Å²) in [6, 6.07) is 19.0. The van der Waals surface area contributed by atoms with Gasteiger partial charge in [-0.05, 0) is 36.1 Å². The Labute approximate surface area is 167 Å². The highest BCUT2D eigenvalue weighted by atomic mass is 32.1. The fourth-order valence-electron chi connectivity index (χ4n) is 2.74. The summed E-state index contributed by atoms with van der Waals surface area (Å²) in [7, 11) is 0. The average Bonchev–Trinajstić information content (AvgIpc) is 3.23. The molecule has 0 bridgehead atoms. The standard InChI is InChI=1S/C22H20N2O3S/c1-15(25)17-9-5-10-18(14-17)23-21(26)19(13-16-7-3-2-4-8-16)24-22(27)20-11-6-12-28-20/h2-12,14,19H,13H2,1H3,(H,23,26)(H,24,27). The zero-order valence-corrected chi connectivity index (χ0v) is 16.2. The van der Waals surface area contributed by atoms with E-state index >= 15 is 0 Å². The summed E-state index contributed by atoms with van der Waals surface area (Å²) >= 11 is 1.32. The van der Waals surface area contributed by atoms with Crippen LogP contribution in [0.5, 0.6) is 0 Å². The second-order valence-electron chi connectivity index (χ2n) is 6.32. The summed E-state index contributed by atoms with van der Waals surface area (Å²) in [5.41, 5.74) is 1.97. The van der Waals surface area contributed by atoms with Crippen LogP contribution in [0, 0.1) is 0 Å². The largest absolute Gasteiger partial charge is 0.339 e. The van der Waals surface area contributed by atoms with Gasteiger partial charge in [0.25, 0.3) is 5.91 Å². The van der Waals surface area contributed by atoms with Crippen molar-refractivity contribution in [2.24, 2.45) is 0 Å². The molecule has 6 heteroatoms. The van der Waals surface area contributed by atoms with Crippen LogP contribution >= 0.6 is 11.3 Å². The Morgan fingerprint density at radius 1 is 0.964 bits per heavy atom. The average molecular weight is 392 g/mol. The smallest absolute Gasteiger partial charge is 0.262 e. The van der Waals surface area contributed by atoms with Crippen LogP contribution in [0.25, 0.3) is 0 Å². The number of carbonyl (C=O) groups excluding carboxylic acids is 3. The molecule has 2 aromatic carbocycles. The van der Waals surface area contributed by atoms with Crippen LogP contribution in [0.15, 0.2) is 72.1 Å². The molecule has 0 aliphatic carbocycles. The Hall–Kier alpha value is -3.25. The minimum atomic E-state index is -0.752. The summed E-state index contributed by atoms with van der Waals surface area (Å²) < 4.78 is 0. The molecule has 0 aliphatic rings. The fraction of sp³-hybridized carbons (Fsp3) is 0.136. The first kappa shape index (κ1) is 19.5. The van der Waals surface area contributed by atoms with E-state index in [2.05, 4.69) is 10.6 Å². The van der Waals surface area contributed by atoms with E-state index in [9.17, 15) is 14.4 Å². The lowest BCUT2D eigenvalue weighted by atomic mass is 10.0. The molecule has 0 saturated heterocycles. The topological polar surface area (TPSA) is 75.3 Å². The van der Waals surface area contributed by atoms with Gasteiger partial charge in [-0.25, -0.2) is 0 Å². The van der Waals surface area contributed by atoms with Crippen LogP contribution in [-0.4, -0.2) is 23.6 Å². The number of thiophene rings is 1. The van der Waals surface area contributed by atoms with Crippen LogP contribution in [0.3, 0.4) is 0 Å². The van der Waals surface area contributed by atoms with Crippen LogP contribution in [0.1, 0.15) is 32.5 Å². The number of ketones is 1.